The Bertz CT molecular complexity index is 1420. The second-order valence-electron chi connectivity index (χ2n) is 9.69. The van der Waals surface area contributed by atoms with E-state index in [-0.39, 0.29) is 12.3 Å². The number of aromatic nitrogens is 2. The van der Waals surface area contributed by atoms with Crippen LogP contribution in [0.5, 0.6) is 0 Å². The number of aryl methyl sites for hydroxylation is 2. The molecule has 0 bridgehead atoms. The zero-order valence-corrected chi connectivity index (χ0v) is 20.8. The zero-order chi connectivity index (χ0) is 25.6. The molecule has 1 amide bonds. The van der Waals surface area contributed by atoms with Gasteiger partial charge in [-0.05, 0) is 67.9 Å². The van der Waals surface area contributed by atoms with Crippen LogP contribution in [0.15, 0.2) is 72.8 Å². The molecule has 2 N–H and O–H groups in total. The van der Waals surface area contributed by atoms with Gasteiger partial charge in [0.15, 0.2) is 0 Å². The molecule has 1 heterocycles. The van der Waals surface area contributed by atoms with E-state index in [9.17, 15) is 9.59 Å². The maximum Gasteiger partial charge on any atom is 0.303 e. The fraction of sp³-hybridized carbons (Fsp3) is 0.290. The van der Waals surface area contributed by atoms with Gasteiger partial charge in [0.25, 0.3) is 5.91 Å². The number of hydrogen-bond donors (Lipinski definition) is 2. The summed E-state index contributed by atoms with van der Waals surface area (Å²) in [6, 6.07) is 23.9. The molecule has 1 unspecified atom stereocenters. The second-order valence-corrected chi connectivity index (χ2v) is 9.69. The molecule has 0 aliphatic heterocycles. The number of hydrogen-bond acceptors (Lipinski definition) is 4. The molecule has 0 spiro atoms. The maximum absolute atomic E-state index is 13.1. The van der Waals surface area contributed by atoms with Crippen molar-refractivity contribution in [3.8, 4) is 11.3 Å². The van der Waals surface area contributed by atoms with E-state index in [1.807, 2.05) is 48.5 Å². The molecule has 0 saturated carbocycles. The minimum atomic E-state index is -0.791. The van der Waals surface area contributed by atoms with Gasteiger partial charge in [0.05, 0.1) is 22.4 Å². The van der Waals surface area contributed by atoms with Crippen LogP contribution in [-0.4, -0.2) is 33.5 Å². The predicted octanol–water partition coefficient (Wildman–Crippen LogP) is 5.94. The Kier molecular flexibility index (Phi) is 7.54. The number of benzene rings is 3. The van der Waals surface area contributed by atoms with Gasteiger partial charge in [0.2, 0.25) is 0 Å². The number of carbonyl (C=O) groups is 2. The van der Waals surface area contributed by atoms with Crippen molar-refractivity contribution in [2.75, 3.05) is 6.54 Å². The van der Waals surface area contributed by atoms with Gasteiger partial charge in [-0.3, -0.25) is 9.59 Å². The summed E-state index contributed by atoms with van der Waals surface area (Å²) in [5.74, 6) is -0.567. The molecule has 1 aromatic heterocycles. The van der Waals surface area contributed by atoms with E-state index in [1.165, 1.54) is 11.1 Å². The first-order valence-electron chi connectivity index (χ1n) is 13.0. The van der Waals surface area contributed by atoms with Crippen LogP contribution in [0, 0.1) is 0 Å². The molecule has 5 rings (SSSR count). The molecule has 0 saturated heterocycles. The summed E-state index contributed by atoms with van der Waals surface area (Å²) in [6.07, 6.45) is 5.37. The molecular formula is C31H31N3O3. The standard InChI is InChI=1S/C31H31N3O3/c35-29(36)16-7-6-15-27-30(22-10-2-1-3-11-22)34-26-18-17-23(19-28(26)33-27)31(37)32-20-24-13-8-12-21-9-4-5-14-25(21)24/h1-5,9-11,14,17-19,24H,6-8,12-13,15-16,20H2,(H,32,37)(H,35,36). The molecule has 3 aromatic carbocycles. The number of carbonyl (C=O) groups excluding carboxylic acids is 1. The van der Waals surface area contributed by atoms with Crippen molar-refractivity contribution in [2.24, 2.45) is 0 Å². The lowest BCUT2D eigenvalue weighted by Gasteiger charge is -2.25. The topological polar surface area (TPSA) is 92.2 Å². The van der Waals surface area contributed by atoms with E-state index in [0.29, 0.717) is 42.8 Å². The molecule has 1 aliphatic rings. The van der Waals surface area contributed by atoms with E-state index < -0.39 is 5.97 Å². The lowest BCUT2D eigenvalue weighted by atomic mass is 9.83. The largest absolute Gasteiger partial charge is 0.481 e. The molecule has 1 aliphatic carbocycles. The van der Waals surface area contributed by atoms with Crippen LogP contribution in [0.1, 0.15) is 65.2 Å². The number of amides is 1. The summed E-state index contributed by atoms with van der Waals surface area (Å²) in [5, 5.41) is 12.1. The maximum atomic E-state index is 13.1. The summed E-state index contributed by atoms with van der Waals surface area (Å²) < 4.78 is 0. The molecule has 0 fully saturated rings. The Labute approximate surface area is 216 Å². The average molecular weight is 494 g/mol. The number of carboxylic acids is 1. The van der Waals surface area contributed by atoms with Gasteiger partial charge in [0, 0.05) is 30.0 Å². The number of rotatable bonds is 9. The molecule has 0 radical (unpaired) electrons. The van der Waals surface area contributed by atoms with Crippen molar-refractivity contribution in [3.05, 3.63) is 95.2 Å². The van der Waals surface area contributed by atoms with Crippen molar-refractivity contribution < 1.29 is 14.7 Å². The number of nitrogens with one attached hydrogen (secondary N) is 1. The van der Waals surface area contributed by atoms with Crippen LogP contribution < -0.4 is 5.32 Å². The molecule has 1 atom stereocenters. The lowest BCUT2D eigenvalue weighted by molar-refractivity contribution is -0.137. The predicted molar refractivity (Wildman–Crippen MR) is 145 cm³/mol. The fourth-order valence-corrected chi connectivity index (χ4v) is 5.19. The number of fused-ring (bicyclic) bond motifs is 2. The van der Waals surface area contributed by atoms with Crippen LogP contribution in [0.3, 0.4) is 0 Å². The van der Waals surface area contributed by atoms with Crippen LogP contribution in [0.25, 0.3) is 22.3 Å². The van der Waals surface area contributed by atoms with Crippen molar-refractivity contribution in [2.45, 2.75) is 50.9 Å². The molecule has 188 valence electrons. The Balaban J connectivity index is 1.36. The van der Waals surface area contributed by atoms with Crippen molar-refractivity contribution in [1.82, 2.24) is 15.3 Å². The van der Waals surface area contributed by atoms with Gasteiger partial charge in [-0.2, -0.15) is 0 Å². The van der Waals surface area contributed by atoms with E-state index in [2.05, 4.69) is 29.6 Å². The lowest BCUT2D eigenvalue weighted by Crippen LogP contribution is -2.30. The van der Waals surface area contributed by atoms with Crippen LogP contribution in [0.2, 0.25) is 0 Å². The van der Waals surface area contributed by atoms with Crippen LogP contribution in [-0.2, 0) is 17.6 Å². The van der Waals surface area contributed by atoms with Gasteiger partial charge in [0.1, 0.15) is 0 Å². The number of nitrogens with zero attached hydrogens (tertiary/aromatic N) is 2. The highest BCUT2D eigenvalue weighted by atomic mass is 16.4. The minimum absolute atomic E-state index is 0.109. The summed E-state index contributed by atoms with van der Waals surface area (Å²) in [5.41, 5.74) is 7.29. The van der Waals surface area contributed by atoms with E-state index in [4.69, 9.17) is 15.1 Å². The molecule has 37 heavy (non-hydrogen) atoms. The van der Waals surface area contributed by atoms with E-state index in [1.54, 1.807) is 0 Å². The SMILES string of the molecule is O=C(O)CCCCc1nc2cc(C(=O)NCC3CCCc4ccccc43)ccc2nc1-c1ccccc1. The summed E-state index contributed by atoms with van der Waals surface area (Å²) in [4.78, 5) is 33.8. The average Bonchev–Trinajstić information content (AvgIpc) is 2.93. The number of aliphatic carboxylic acids is 1. The quantitative estimate of drug-likeness (QED) is 0.281. The summed E-state index contributed by atoms with van der Waals surface area (Å²) >= 11 is 0. The highest BCUT2D eigenvalue weighted by Gasteiger charge is 2.21. The van der Waals surface area contributed by atoms with Crippen molar-refractivity contribution >= 4 is 22.9 Å². The smallest absolute Gasteiger partial charge is 0.303 e. The third-order valence-corrected chi connectivity index (χ3v) is 7.10. The van der Waals surface area contributed by atoms with E-state index >= 15 is 0 Å². The second kappa shape index (κ2) is 11.3. The molecule has 4 aromatic rings. The van der Waals surface area contributed by atoms with Crippen molar-refractivity contribution in [3.63, 3.8) is 0 Å². The summed E-state index contributed by atoms with van der Waals surface area (Å²) in [7, 11) is 0. The molecule has 6 heteroatoms. The molecular weight excluding hydrogens is 462 g/mol. The first-order chi connectivity index (χ1) is 18.1. The molecule has 6 nitrogen and oxygen atoms in total. The first-order valence-corrected chi connectivity index (χ1v) is 13.0. The number of carboxylic acid groups (broad SMARTS) is 1. The first kappa shape index (κ1) is 24.6. The van der Waals surface area contributed by atoms with Gasteiger partial charge < -0.3 is 10.4 Å². The Morgan fingerprint density at radius 1 is 0.919 bits per heavy atom. The normalized spacial score (nSPS) is 14.8. The van der Waals surface area contributed by atoms with Gasteiger partial charge in [-0.1, -0.05) is 54.6 Å². The Morgan fingerprint density at radius 3 is 2.57 bits per heavy atom. The van der Waals surface area contributed by atoms with Gasteiger partial charge >= 0.3 is 5.97 Å². The van der Waals surface area contributed by atoms with Gasteiger partial charge in [-0.15, -0.1) is 0 Å². The third-order valence-electron chi connectivity index (χ3n) is 7.10. The van der Waals surface area contributed by atoms with Crippen molar-refractivity contribution in [1.29, 1.82) is 0 Å². The number of unbranched alkanes of at least 4 members (excludes halogenated alkanes) is 1. The van der Waals surface area contributed by atoms with Crippen LogP contribution in [0.4, 0.5) is 0 Å². The fourth-order valence-electron chi connectivity index (χ4n) is 5.19. The van der Waals surface area contributed by atoms with Crippen LogP contribution >= 0.6 is 0 Å². The zero-order valence-electron chi connectivity index (χ0n) is 20.8. The Morgan fingerprint density at radius 2 is 1.73 bits per heavy atom. The highest BCUT2D eigenvalue weighted by Crippen LogP contribution is 2.31. The van der Waals surface area contributed by atoms with E-state index in [0.717, 1.165) is 41.7 Å². The third kappa shape index (κ3) is 5.85. The monoisotopic (exact) mass is 493 g/mol. The highest BCUT2D eigenvalue weighted by molar-refractivity contribution is 5.97. The minimum Gasteiger partial charge on any atom is -0.481 e. The Hall–Kier alpha value is -4.06. The summed E-state index contributed by atoms with van der Waals surface area (Å²) in [6.45, 7) is 0.612. The van der Waals surface area contributed by atoms with Gasteiger partial charge in [-0.25, -0.2) is 9.97 Å².